The molecule has 3 unspecified atom stereocenters. The first-order valence-corrected chi connectivity index (χ1v) is 7.06. The number of rotatable bonds is 4. The van der Waals surface area contributed by atoms with Crippen LogP contribution in [0.2, 0.25) is 0 Å². The van der Waals surface area contributed by atoms with Crippen molar-refractivity contribution in [3.63, 3.8) is 0 Å². The lowest BCUT2D eigenvalue weighted by molar-refractivity contribution is -0.114. The van der Waals surface area contributed by atoms with Crippen LogP contribution in [-0.4, -0.2) is 19.1 Å². The van der Waals surface area contributed by atoms with Crippen molar-refractivity contribution in [1.29, 1.82) is 0 Å². The fraction of sp³-hybridized carbons (Fsp3) is 0.438. The standard InChI is InChI=1S/C16H20N2O2/c1-10(19)17-14-7-6-12(9-16(14)20-2)18-15-8-11-4-3-5-13(11)15/h3,5-7,9,11,13,15,18H,4,8H2,1-2H3,(H,17,19). The first-order chi connectivity index (χ1) is 9.67. The second-order valence-electron chi connectivity index (χ2n) is 5.58. The third-order valence-electron chi connectivity index (χ3n) is 4.23. The van der Waals surface area contributed by atoms with E-state index in [2.05, 4.69) is 22.8 Å². The summed E-state index contributed by atoms with van der Waals surface area (Å²) in [5.41, 5.74) is 1.75. The molecule has 2 N–H and O–H groups in total. The predicted molar refractivity (Wildman–Crippen MR) is 80.1 cm³/mol. The van der Waals surface area contributed by atoms with Crippen molar-refractivity contribution >= 4 is 17.3 Å². The molecule has 20 heavy (non-hydrogen) atoms. The molecule has 3 atom stereocenters. The number of methoxy groups -OCH3 is 1. The van der Waals surface area contributed by atoms with Gasteiger partial charge in [0.05, 0.1) is 12.8 Å². The SMILES string of the molecule is COc1cc(NC2CC3CC=CC32)ccc1NC(C)=O. The molecular weight excluding hydrogens is 252 g/mol. The lowest BCUT2D eigenvalue weighted by atomic mass is 9.71. The molecule has 106 valence electrons. The molecule has 0 radical (unpaired) electrons. The highest BCUT2D eigenvalue weighted by molar-refractivity contribution is 5.90. The molecule has 0 heterocycles. The van der Waals surface area contributed by atoms with Crippen molar-refractivity contribution in [2.75, 3.05) is 17.7 Å². The maximum Gasteiger partial charge on any atom is 0.221 e. The maximum atomic E-state index is 11.1. The van der Waals surface area contributed by atoms with E-state index in [4.69, 9.17) is 4.74 Å². The van der Waals surface area contributed by atoms with E-state index in [0.717, 1.165) is 11.6 Å². The van der Waals surface area contributed by atoms with Gasteiger partial charge < -0.3 is 15.4 Å². The lowest BCUT2D eigenvalue weighted by Crippen LogP contribution is -2.43. The summed E-state index contributed by atoms with van der Waals surface area (Å²) < 4.78 is 5.34. The van der Waals surface area contributed by atoms with Crippen LogP contribution in [0.5, 0.6) is 5.75 Å². The van der Waals surface area contributed by atoms with Crippen LogP contribution in [0.15, 0.2) is 30.4 Å². The highest BCUT2D eigenvalue weighted by atomic mass is 16.5. The van der Waals surface area contributed by atoms with Gasteiger partial charge in [-0.15, -0.1) is 0 Å². The van der Waals surface area contributed by atoms with E-state index in [1.165, 1.54) is 19.8 Å². The average Bonchev–Trinajstić information content (AvgIpc) is 2.78. The second-order valence-corrected chi connectivity index (χ2v) is 5.58. The zero-order valence-electron chi connectivity index (χ0n) is 11.8. The van der Waals surface area contributed by atoms with E-state index >= 15 is 0 Å². The van der Waals surface area contributed by atoms with Crippen molar-refractivity contribution in [3.05, 3.63) is 30.4 Å². The number of benzene rings is 1. The Morgan fingerprint density at radius 3 is 2.95 bits per heavy atom. The zero-order chi connectivity index (χ0) is 14.1. The smallest absolute Gasteiger partial charge is 0.221 e. The summed E-state index contributed by atoms with van der Waals surface area (Å²) in [7, 11) is 1.61. The number of carbonyl (C=O) groups excluding carboxylic acids is 1. The van der Waals surface area contributed by atoms with Gasteiger partial charge in [-0.1, -0.05) is 12.2 Å². The van der Waals surface area contributed by atoms with Crippen molar-refractivity contribution in [1.82, 2.24) is 0 Å². The van der Waals surface area contributed by atoms with E-state index in [9.17, 15) is 4.79 Å². The molecule has 4 nitrogen and oxygen atoms in total. The van der Waals surface area contributed by atoms with E-state index in [0.29, 0.717) is 23.4 Å². The summed E-state index contributed by atoms with van der Waals surface area (Å²) in [6.45, 7) is 1.49. The van der Waals surface area contributed by atoms with Gasteiger partial charge in [0.1, 0.15) is 5.75 Å². The third kappa shape index (κ3) is 2.38. The van der Waals surface area contributed by atoms with Crippen LogP contribution in [0.4, 0.5) is 11.4 Å². The highest BCUT2D eigenvalue weighted by Crippen LogP contribution is 2.44. The molecule has 4 heteroatoms. The van der Waals surface area contributed by atoms with Gasteiger partial charge >= 0.3 is 0 Å². The quantitative estimate of drug-likeness (QED) is 0.828. The minimum atomic E-state index is -0.0954. The molecule has 2 aliphatic carbocycles. The van der Waals surface area contributed by atoms with Crippen molar-refractivity contribution in [3.8, 4) is 5.75 Å². The summed E-state index contributed by atoms with van der Waals surface area (Å²) in [6, 6.07) is 6.33. The Hall–Kier alpha value is -1.97. The minimum absolute atomic E-state index is 0.0954. The van der Waals surface area contributed by atoms with Gasteiger partial charge in [0.15, 0.2) is 0 Å². The Balaban J connectivity index is 1.71. The molecular formula is C16H20N2O2. The van der Waals surface area contributed by atoms with Gasteiger partial charge in [-0.05, 0) is 30.9 Å². The number of amides is 1. The second kappa shape index (κ2) is 5.19. The summed E-state index contributed by atoms with van der Waals surface area (Å²) in [5.74, 6) is 2.11. The molecule has 1 aromatic carbocycles. The van der Waals surface area contributed by atoms with Crippen LogP contribution < -0.4 is 15.4 Å². The number of carbonyl (C=O) groups is 1. The van der Waals surface area contributed by atoms with E-state index < -0.39 is 0 Å². The van der Waals surface area contributed by atoms with Crippen molar-refractivity contribution in [2.45, 2.75) is 25.8 Å². The Morgan fingerprint density at radius 2 is 2.25 bits per heavy atom. The highest BCUT2D eigenvalue weighted by Gasteiger charge is 2.40. The Labute approximate surface area is 119 Å². The van der Waals surface area contributed by atoms with Gasteiger partial charge in [-0.3, -0.25) is 4.79 Å². The molecule has 0 aliphatic heterocycles. The Morgan fingerprint density at radius 1 is 1.40 bits per heavy atom. The molecule has 3 rings (SSSR count). The largest absolute Gasteiger partial charge is 0.494 e. The van der Waals surface area contributed by atoms with E-state index in [-0.39, 0.29) is 5.91 Å². The fourth-order valence-electron chi connectivity index (χ4n) is 3.17. The van der Waals surface area contributed by atoms with Gasteiger partial charge in [0, 0.05) is 30.6 Å². The molecule has 1 saturated carbocycles. The first-order valence-electron chi connectivity index (χ1n) is 7.06. The topological polar surface area (TPSA) is 50.4 Å². The molecule has 1 amide bonds. The van der Waals surface area contributed by atoms with Gasteiger partial charge in [-0.2, -0.15) is 0 Å². The number of hydrogen-bond acceptors (Lipinski definition) is 3. The fourth-order valence-corrected chi connectivity index (χ4v) is 3.17. The molecule has 0 saturated heterocycles. The number of fused-ring (bicyclic) bond motifs is 1. The Bertz CT molecular complexity index is 553. The van der Waals surface area contributed by atoms with E-state index in [1.807, 2.05) is 18.2 Å². The third-order valence-corrected chi connectivity index (χ3v) is 4.23. The zero-order valence-corrected chi connectivity index (χ0v) is 11.8. The summed E-state index contributed by atoms with van der Waals surface area (Å²) in [6.07, 6.45) is 7.08. The number of ether oxygens (including phenoxy) is 1. The molecule has 0 bridgehead atoms. The van der Waals surface area contributed by atoms with Crippen LogP contribution in [-0.2, 0) is 4.79 Å². The lowest BCUT2D eigenvalue weighted by Gasteiger charge is -2.41. The summed E-state index contributed by atoms with van der Waals surface area (Å²) >= 11 is 0. The predicted octanol–water partition coefficient (Wildman–Crippen LogP) is 3.03. The number of nitrogens with one attached hydrogen (secondary N) is 2. The number of allylic oxidation sites excluding steroid dienone is 1. The van der Waals surface area contributed by atoms with Gasteiger partial charge in [-0.25, -0.2) is 0 Å². The summed E-state index contributed by atoms with van der Waals surface area (Å²) in [5, 5.41) is 6.33. The van der Waals surface area contributed by atoms with Crippen molar-refractivity contribution in [2.24, 2.45) is 11.8 Å². The molecule has 1 fully saturated rings. The molecule has 1 aromatic rings. The van der Waals surface area contributed by atoms with E-state index in [1.54, 1.807) is 7.11 Å². The van der Waals surface area contributed by atoms with Gasteiger partial charge in [0.25, 0.3) is 0 Å². The minimum Gasteiger partial charge on any atom is -0.494 e. The number of anilines is 2. The monoisotopic (exact) mass is 272 g/mol. The van der Waals surface area contributed by atoms with Crippen molar-refractivity contribution < 1.29 is 9.53 Å². The normalized spacial score (nSPS) is 26.6. The van der Waals surface area contributed by atoms with Crippen LogP contribution in [0.3, 0.4) is 0 Å². The van der Waals surface area contributed by atoms with Gasteiger partial charge in [0.2, 0.25) is 5.91 Å². The number of hydrogen-bond donors (Lipinski definition) is 2. The molecule has 0 spiro atoms. The Kier molecular flexibility index (Phi) is 3.38. The first kappa shape index (κ1) is 13.0. The van der Waals surface area contributed by atoms with Crippen LogP contribution in [0.25, 0.3) is 0 Å². The average molecular weight is 272 g/mol. The summed E-state index contributed by atoms with van der Waals surface area (Å²) in [4.78, 5) is 11.1. The molecule has 0 aromatic heterocycles. The van der Waals surface area contributed by atoms with Crippen LogP contribution in [0, 0.1) is 11.8 Å². The van der Waals surface area contributed by atoms with Crippen LogP contribution >= 0.6 is 0 Å². The molecule has 2 aliphatic rings. The maximum absolute atomic E-state index is 11.1. The van der Waals surface area contributed by atoms with Crippen LogP contribution in [0.1, 0.15) is 19.8 Å².